The van der Waals surface area contributed by atoms with Gasteiger partial charge in [0.05, 0.1) is 12.3 Å². The summed E-state index contributed by atoms with van der Waals surface area (Å²) in [5.74, 6) is 0.863. The first-order chi connectivity index (χ1) is 8.70. The summed E-state index contributed by atoms with van der Waals surface area (Å²) in [7, 11) is 0. The van der Waals surface area contributed by atoms with Crippen LogP contribution in [0.3, 0.4) is 0 Å². The topological polar surface area (TPSA) is 25.2 Å². The molecule has 0 aliphatic heterocycles. The van der Waals surface area contributed by atoms with Crippen LogP contribution in [0.1, 0.15) is 30.7 Å². The summed E-state index contributed by atoms with van der Waals surface area (Å²) in [5.41, 5.74) is 1.01. The Kier molecular flexibility index (Phi) is 4.70. The molecule has 96 valence electrons. The van der Waals surface area contributed by atoms with Crippen molar-refractivity contribution in [2.45, 2.75) is 19.4 Å². The lowest BCUT2D eigenvalue weighted by Gasteiger charge is -2.17. The minimum Gasteiger partial charge on any atom is -0.467 e. The highest BCUT2D eigenvalue weighted by atomic mass is 35.5. The van der Waals surface area contributed by atoms with Crippen LogP contribution in [0.15, 0.2) is 41.0 Å². The van der Waals surface area contributed by atoms with E-state index in [9.17, 15) is 0 Å². The largest absolute Gasteiger partial charge is 0.467 e. The molecule has 0 aliphatic rings. The summed E-state index contributed by atoms with van der Waals surface area (Å²) < 4.78 is 5.48. The lowest BCUT2D eigenvalue weighted by atomic mass is 10.0. The molecule has 0 fully saturated rings. The molecule has 1 aromatic heterocycles. The van der Waals surface area contributed by atoms with Gasteiger partial charge in [0.15, 0.2) is 0 Å². The van der Waals surface area contributed by atoms with Crippen molar-refractivity contribution in [2.75, 3.05) is 6.54 Å². The highest BCUT2D eigenvalue weighted by molar-refractivity contribution is 6.34. The minimum absolute atomic E-state index is 0.0175. The molecule has 0 bridgehead atoms. The van der Waals surface area contributed by atoms with Crippen molar-refractivity contribution in [3.63, 3.8) is 0 Å². The summed E-state index contributed by atoms with van der Waals surface area (Å²) in [6.45, 7) is 3.02. The standard InChI is InChI=1S/C14H15Cl2NO/c1-2-5-17-14(13-4-3-6-18-13)10-7-11(15)9-12(16)8-10/h3-4,6-9,14,17H,2,5H2,1H3. The van der Waals surface area contributed by atoms with Crippen LogP contribution < -0.4 is 5.32 Å². The Bertz CT molecular complexity index is 476. The lowest BCUT2D eigenvalue weighted by molar-refractivity contribution is 0.446. The molecule has 2 aromatic rings. The molecule has 1 atom stereocenters. The maximum atomic E-state index is 6.05. The van der Waals surface area contributed by atoms with Crippen LogP contribution in [0.5, 0.6) is 0 Å². The van der Waals surface area contributed by atoms with Gasteiger partial charge in [-0.2, -0.15) is 0 Å². The molecule has 0 aliphatic carbocycles. The van der Waals surface area contributed by atoms with Crippen molar-refractivity contribution in [3.8, 4) is 0 Å². The predicted molar refractivity (Wildman–Crippen MR) is 75.3 cm³/mol. The molecule has 0 saturated heterocycles. The smallest absolute Gasteiger partial charge is 0.125 e. The Morgan fingerprint density at radius 1 is 1.22 bits per heavy atom. The SMILES string of the molecule is CCCNC(c1cc(Cl)cc(Cl)c1)c1ccco1. The number of nitrogens with one attached hydrogen (secondary N) is 1. The Balaban J connectivity index is 2.33. The molecule has 0 saturated carbocycles. The Hall–Kier alpha value is -0.960. The van der Waals surface area contributed by atoms with Gasteiger partial charge in [0.25, 0.3) is 0 Å². The van der Waals surface area contributed by atoms with Crippen molar-refractivity contribution >= 4 is 23.2 Å². The van der Waals surface area contributed by atoms with E-state index >= 15 is 0 Å². The molecular formula is C14H15Cl2NO. The van der Waals surface area contributed by atoms with E-state index in [-0.39, 0.29) is 6.04 Å². The number of hydrogen-bond donors (Lipinski definition) is 1. The van der Waals surface area contributed by atoms with E-state index in [1.807, 2.05) is 24.3 Å². The van der Waals surface area contributed by atoms with Crippen molar-refractivity contribution < 1.29 is 4.42 Å². The zero-order chi connectivity index (χ0) is 13.0. The van der Waals surface area contributed by atoms with Crippen LogP contribution in [0.4, 0.5) is 0 Å². The van der Waals surface area contributed by atoms with Gasteiger partial charge in [-0.15, -0.1) is 0 Å². The van der Waals surface area contributed by atoms with E-state index < -0.39 is 0 Å². The predicted octanol–water partition coefficient (Wildman–Crippen LogP) is 4.68. The second-order valence-electron chi connectivity index (χ2n) is 4.11. The minimum atomic E-state index is -0.0175. The molecule has 1 heterocycles. The molecule has 1 N–H and O–H groups in total. The van der Waals surface area contributed by atoms with Crippen LogP contribution in [0, 0.1) is 0 Å². The maximum Gasteiger partial charge on any atom is 0.125 e. The van der Waals surface area contributed by atoms with Gasteiger partial charge >= 0.3 is 0 Å². The molecule has 1 aromatic carbocycles. The van der Waals surface area contributed by atoms with Crippen LogP contribution in [0.2, 0.25) is 10.0 Å². The normalized spacial score (nSPS) is 12.6. The van der Waals surface area contributed by atoms with E-state index in [0.29, 0.717) is 10.0 Å². The van der Waals surface area contributed by atoms with Crippen LogP contribution in [-0.2, 0) is 0 Å². The summed E-state index contributed by atoms with van der Waals surface area (Å²) in [5, 5.41) is 4.70. The van der Waals surface area contributed by atoms with Gasteiger partial charge in [-0.1, -0.05) is 30.1 Å². The molecule has 18 heavy (non-hydrogen) atoms. The van der Waals surface area contributed by atoms with Crippen LogP contribution in [-0.4, -0.2) is 6.54 Å². The Morgan fingerprint density at radius 2 is 1.94 bits per heavy atom. The van der Waals surface area contributed by atoms with Crippen molar-refractivity contribution in [3.05, 3.63) is 58.0 Å². The van der Waals surface area contributed by atoms with Crippen molar-refractivity contribution in [1.29, 1.82) is 0 Å². The molecule has 4 heteroatoms. The first-order valence-electron chi connectivity index (χ1n) is 5.93. The second kappa shape index (κ2) is 6.28. The van der Waals surface area contributed by atoms with Crippen LogP contribution in [0.25, 0.3) is 0 Å². The number of hydrogen-bond acceptors (Lipinski definition) is 2. The zero-order valence-corrected chi connectivity index (χ0v) is 11.6. The number of rotatable bonds is 5. The first-order valence-corrected chi connectivity index (χ1v) is 6.69. The molecule has 2 rings (SSSR count). The Labute approximate surface area is 117 Å². The fraction of sp³-hybridized carbons (Fsp3) is 0.286. The second-order valence-corrected chi connectivity index (χ2v) is 4.98. The summed E-state index contributed by atoms with van der Waals surface area (Å²) in [6.07, 6.45) is 2.72. The first kappa shape index (κ1) is 13.5. The zero-order valence-electron chi connectivity index (χ0n) is 10.1. The average molecular weight is 284 g/mol. The van der Waals surface area contributed by atoms with E-state index in [4.69, 9.17) is 27.6 Å². The summed E-state index contributed by atoms with van der Waals surface area (Å²) >= 11 is 12.1. The molecule has 2 nitrogen and oxygen atoms in total. The number of benzene rings is 1. The monoisotopic (exact) mass is 283 g/mol. The van der Waals surface area contributed by atoms with Gasteiger partial charge in [-0.25, -0.2) is 0 Å². The average Bonchev–Trinajstić information content (AvgIpc) is 2.82. The van der Waals surface area contributed by atoms with Crippen LogP contribution >= 0.6 is 23.2 Å². The Morgan fingerprint density at radius 3 is 2.50 bits per heavy atom. The van der Waals surface area contributed by atoms with Gasteiger partial charge in [0.1, 0.15) is 5.76 Å². The summed E-state index contributed by atoms with van der Waals surface area (Å²) in [4.78, 5) is 0. The number of furan rings is 1. The fourth-order valence-corrected chi connectivity index (χ4v) is 2.41. The van der Waals surface area contributed by atoms with E-state index in [0.717, 1.165) is 24.3 Å². The number of halogens is 2. The molecule has 1 unspecified atom stereocenters. The molecule has 0 amide bonds. The van der Waals surface area contributed by atoms with Crippen molar-refractivity contribution in [2.24, 2.45) is 0 Å². The molecule has 0 radical (unpaired) electrons. The van der Waals surface area contributed by atoms with E-state index in [2.05, 4.69) is 12.2 Å². The van der Waals surface area contributed by atoms with Gasteiger partial charge < -0.3 is 9.73 Å². The van der Waals surface area contributed by atoms with Gasteiger partial charge in [0.2, 0.25) is 0 Å². The third-order valence-corrected chi connectivity index (χ3v) is 3.08. The van der Waals surface area contributed by atoms with Gasteiger partial charge in [-0.3, -0.25) is 0 Å². The maximum absolute atomic E-state index is 6.05. The molecule has 0 spiro atoms. The van der Waals surface area contributed by atoms with Gasteiger partial charge in [0, 0.05) is 10.0 Å². The van der Waals surface area contributed by atoms with Crippen molar-refractivity contribution in [1.82, 2.24) is 5.32 Å². The third kappa shape index (κ3) is 3.29. The van der Waals surface area contributed by atoms with Gasteiger partial charge in [-0.05, 0) is 48.9 Å². The van der Waals surface area contributed by atoms with E-state index in [1.165, 1.54) is 0 Å². The molecular weight excluding hydrogens is 269 g/mol. The van der Waals surface area contributed by atoms with E-state index in [1.54, 1.807) is 12.3 Å². The summed E-state index contributed by atoms with van der Waals surface area (Å²) in [6, 6.07) is 9.35. The fourth-order valence-electron chi connectivity index (χ4n) is 1.87. The quantitative estimate of drug-likeness (QED) is 0.862. The lowest BCUT2D eigenvalue weighted by Crippen LogP contribution is -2.22. The highest BCUT2D eigenvalue weighted by Gasteiger charge is 2.16. The highest BCUT2D eigenvalue weighted by Crippen LogP contribution is 2.28. The third-order valence-electron chi connectivity index (χ3n) is 2.64.